The van der Waals surface area contributed by atoms with Gasteiger partial charge in [-0.2, -0.15) is 0 Å². The third kappa shape index (κ3) is 5.29. The van der Waals surface area contributed by atoms with Crippen molar-refractivity contribution in [2.45, 2.75) is 19.6 Å². The van der Waals surface area contributed by atoms with Crippen molar-refractivity contribution in [2.75, 3.05) is 7.11 Å². The maximum absolute atomic E-state index is 13.2. The average Bonchev–Trinajstić information content (AvgIpc) is 2.61. The summed E-state index contributed by atoms with van der Waals surface area (Å²) in [7, 11) is 1.57. The van der Waals surface area contributed by atoms with Crippen LogP contribution in [0.15, 0.2) is 46.9 Å². The molecule has 0 bridgehead atoms. The second-order valence-electron chi connectivity index (χ2n) is 5.24. The SMILES string of the molecule is COc1ccc(CNC(=O)[C@@H](C)OC(=O)c2cc(F)ccc2Br)cc1. The predicted molar refractivity (Wildman–Crippen MR) is 93.8 cm³/mol. The second kappa shape index (κ2) is 8.62. The van der Waals surface area contributed by atoms with E-state index < -0.39 is 23.8 Å². The average molecular weight is 410 g/mol. The van der Waals surface area contributed by atoms with Crippen molar-refractivity contribution >= 4 is 27.8 Å². The van der Waals surface area contributed by atoms with Gasteiger partial charge in [0.25, 0.3) is 5.91 Å². The monoisotopic (exact) mass is 409 g/mol. The molecule has 132 valence electrons. The number of esters is 1. The normalized spacial score (nSPS) is 11.5. The third-order valence-electron chi connectivity index (χ3n) is 3.43. The summed E-state index contributed by atoms with van der Waals surface area (Å²) in [6.07, 6.45) is -1.01. The van der Waals surface area contributed by atoms with Crippen LogP contribution in [-0.4, -0.2) is 25.1 Å². The summed E-state index contributed by atoms with van der Waals surface area (Å²) >= 11 is 3.15. The highest BCUT2D eigenvalue weighted by molar-refractivity contribution is 9.10. The summed E-state index contributed by atoms with van der Waals surface area (Å²) in [5.41, 5.74) is 0.898. The van der Waals surface area contributed by atoms with Gasteiger partial charge in [-0.15, -0.1) is 0 Å². The van der Waals surface area contributed by atoms with Crippen LogP contribution in [0.1, 0.15) is 22.8 Å². The lowest BCUT2D eigenvalue weighted by Gasteiger charge is -2.14. The van der Waals surface area contributed by atoms with Gasteiger partial charge in [0.05, 0.1) is 12.7 Å². The Morgan fingerprint density at radius 1 is 1.20 bits per heavy atom. The second-order valence-corrected chi connectivity index (χ2v) is 6.09. The van der Waals surface area contributed by atoms with Crippen molar-refractivity contribution in [1.82, 2.24) is 5.32 Å². The maximum Gasteiger partial charge on any atom is 0.340 e. The zero-order valence-electron chi connectivity index (χ0n) is 13.7. The number of rotatable bonds is 6. The van der Waals surface area contributed by atoms with Crippen molar-refractivity contribution < 1.29 is 23.5 Å². The Labute approximate surface area is 153 Å². The number of carbonyl (C=O) groups is 2. The highest BCUT2D eigenvalue weighted by Gasteiger charge is 2.20. The van der Waals surface area contributed by atoms with Crippen LogP contribution >= 0.6 is 15.9 Å². The summed E-state index contributed by atoms with van der Waals surface area (Å²) in [6, 6.07) is 10.9. The van der Waals surface area contributed by atoms with Crippen LogP contribution in [-0.2, 0) is 16.1 Å². The molecule has 2 aromatic carbocycles. The van der Waals surface area contributed by atoms with Crippen LogP contribution in [0.4, 0.5) is 4.39 Å². The lowest BCUT2D eigenvalue weighted by Crippen LogP contribution is -2.35. The fourth-order valence-electron chi connectivity index (χ4n) is 2.01. The standard InChI is InChI=1S/C18H17BrFNO4/c1-11(25-18(23)15-9-13(20)5-8-16(15)19)17(22)21-10-12-3-6-14(24-2)7-4-12/h3-9,11H,10H2,1-2H3,(H,21,22)/t11-/m1/s1. The fraction of sp³-hybridized carbons (Fsp3) is 0.222. The molecule has 0 saturated carbocycles. The van der Waals surface area contributed by atoms with E-state index in [4.69, 9.17) is 9.47 Å². The molecule has 0 spiro atoms. The van der Waals surface area contributed by atoms with E-state index >= 15 is 0 Å². The molecule has 2 aromatic rings. The van der Waals surface area contributed by atoms with Crippen molar-refractivity contribution in [1.29, 1.82) is 0 Å². The minimum Gasteiger partial charge on any atom is -0.497 e. The zero-order valence-corrected chi connectivity index (χ0v) is 15.3. The van der Waals surface area contributed by atoms with Crippen molar-refractivity contribution in [3.05, 3.63) is 63.9 Å². The minimum atomic E-state index is -1.01. The van der Waals surface area contributed by atoms with Gasteiger partial charge in [-0.05, 0) is 58.7 Å². The first-order valence-electron chi connectivity index (χ1n) is 7.47. The highest BCUT2D eigenvalue weighted by atomic mass is 79.9. The molecule has 1 amide bonds. The minimum absolute atomic E-state index is 0.0230. The Balaban J connectivity index is 1.90. The quantitative estimate of drug-likeness (QED) is 0.741. The molecule has 0 aliphatic carbocycles. The molecule has 0 aliphatic heterocycles. The van der Waals surface area contributed by atoms with Crippen molar-refractivity contribution in [2.24, 2.45) is 0 Å². The summed E-state index contributed by atoms with van der Waals surface area (Å²) < 4.78 is 23.8. The van der Waals surface area contributed by atoms with Crippen LogP contribution in [0.5, 0.6) is 5.75 Å². The third-order valence-corrected chi connectivity index (χ3v) is 4.12. The van der Waals surface area contributed by atoms with E-state index in [1.165, 1.54) is 19.1 Å². The van der Waals surface area contributed by atoms with E-state index in [2.05, 4.69) is 21.2 Å². The van der Waals surface area contributed by atoms with Crippen LogP contribution < -0.4 is 10.1 Å². The molecule has 25 heavy (non-hydrogen) atoms. The van der Waals surface area contributed by atoms with Crippen LogP contribution in [0.2, 0.25) is 0 Å². The Morgan fingerprint density at radius 3 is 2.52 bits per heavy atom. The topological polar surface area (TPSA) is 64.6 Å². The van der Waals surface area contributed by atoms with Crippen molar-refractivity contribution in [3.8, 4) is 5.75 Å². The molecular weight excluding hydrogens is 393 g/mol. The fourth-order valence-corrected chi connectivity index (χ4v) is 2.42. The molecule has 0 saturated heterocycles. The van der Waals surface area contributed by atoms with Gasteiger partial charge in [0, 0.05) is 11.0 Å². The lowest BCUT2D eigenvalue weighted by molar-refractivity contribution is -0.129. The highest BCUT2D eigenvalue weighted by Crippen LogP contribution is 2.19. The Bertz CT molecular complexity index is 764. The molecule has 0 unspecified atom stereocenters. The first-order valence-corrected chi connectivity index (χ1v) is 8.26. The number of methoxy groups -OCH3 is 1. The molecule has 0 radical (unpaired) electrons. The first kappa shape index (κ1) is 18.9. The molecular formula is C18H17BrFNO4. The van der Waals surface area contributed by atoms with Gasteiger partial charge in [-0.1, -0.05) is 12.1 Å². The van der Waals surface area contributed by atoms with Crippen LogP contribution in [0.3, 0.4) is 0 Å². The number of carbonyl (C=O) groups excluding carboxylic acids is 2. The maximum atomic E-state index is 13.2. The van der Waals surface area contributed by atoms with Gasteiger partial charge in [-0.25, -0.2) is 9.18 Å². The molecule has 0 fully saturated rings. The Kier molecular flexibility index (Phi) is 6.52. The van der Waals surface area contributed by atoms with Gasteiger partial charge >= 0.3 is 5.97 Å². The summed E-state index contributed by atoms with van der Waals surface area (Å²) in [4.78, 5) is 24.1. The number of hydrogen-bond donors (Lipinski definition) is 1. The van der Waals surface area contributed by atoms with Crippen molar-refractivity contribution in [3.63, 3.8) is 0 Å². The van der Waals surface area contributed by atoms with E-state index in [-0.39, 0.29) is 12.1 Å². The molecule has 0 aromatic heterocycles. The van der Waals surface area contributed by atoms with E-state index in [0.717, 1.165) is 17.4 Å². The zero-order chi connectivity index (χ0) is 18.4. The molecule has 0 heterocycles. The van der Waals surface area contributed by atoms with Gasteiger partial charge in [0.2, 0.25) is 0 Å². The number of nitrogens with one attached hydrogen (secondary N) is 1. The van der Waals surface area contributed by atoms with E-state index in [9.17, 15) is 14.0 Å². The Morgan fingerprint density at radius 2 is 1.88 bits per heavy atom. The predicted octanol–water partition coefficient (Wildman–Crippen LogP) is 3.46. The number of benzene rings is 2. The number of hydrogen-bond acceptors (Lipinski definition) is 4. The van der Waals surface area contributed by atoms with Gasteiger partial charge in [-0.3, -0.25) is 4.79 Å². The Hall–Kier alpha value is -2.41. The molecule has 2 rings (SSSR count). The van der Waals surface area contributed by atoms with Gasteiger partial charge in [0.15, 0.2) is 6.10 Å². The molecule has 1 atom stereocenters. The number of amides is 1. The smallest absolute Gasteiger partial charge is 0.340 e. The molecule has 0 aliphatic rings. The van der Waals surface area contributed by atoms with E-state index in [1.54, 1.807) is 19.2 Å². The lowest BCUT2D eigenvalue weighted by atomic mass is 10.2. The summed E-state index contributed by atoms with van der Waals surface area (Å²) in [5.74, 6) is -1.07. The van der Waals surface area contributed by atoms with Crippen LogP contribution in [0.25, 0.3) is 0 Å². The molecule has 1 N–H and O–H groups in total. The largest absolute Gasteiger partial charge is 0.497 e. The first-order chi connectivity index (χ1) is 11.9. The van der Waals surface area contributed by atoms with E-state index in [1.807, 2.05) is 12.1 Å². The summed E-state index contributed by atoms with van der Waals surface area (Å²) in [5, 5.41) is 2.68. The number of halogens is 2. The van der Waals surface area contributed by atoms with Gasteiger partial charge in [0.1, 0.15) is 11.6 Å². The number of ether oxygens (including phenoxy) is 2. The summed E-state index contributed by atoms with van der Waals surface area (Å²) in [6.45, 7) is 1.74. The van der Waals surface area contributed by atoms with E-state index in [0.29, 0.717) is 4.47 Å². The molecule has 5 nitrogen and oxygen atoms in total. The van der Waals surface area contributed by atoms with Gasteiger partial charge < -0.3 is 14.8 Å². The van der Waals surface area contributed by atoms with Crippen LogP contribution in [0, 0.1) is 5.82 Å². The molecule has 7 heteroatoms.